The Hall–Kier alpha value is -4.07. The van der Waals surface area contributed by atoms with Crippen LogP contribution in [-0.4, -0.2) is 22.1 Å². The summed E-state index contributed by atoms with van der Waals surface area (Å²) in [7, 11) is 0. The minimum Gasteiger partial charge on any atom is -0.485 e. The summed E-state index contributed by atoms with van der Waals surface area (Å²) in [5.41, 5.74) is 3.07. The number of hydrogen-bond donors (Lipinski definition) is 1. The molecule has 4 rings (SSSR count). The van der Waals surface area contributed by atoms with Gasteiger partial charge in [0.05, 0.1) is 11.4 Å². The fraction of sp³-hybridized carbons (Fsp3) is 0.240. The molecule has 0 fully saturated rings. The Bertz CT molecular complexity index is 1360. The van der Waals surface area contributed by atoms with Crippen molar-refractivity contribution in [2.24, 2.45) is 0 Å². The van der Waals surface area contributed by atoms with Crippen LogP contribution >= 0.6 is 0 Å². The maximum Gasteiger partial charge on any atom is 0.287 e. The van der Waals surface area contributed by atoms with Crippen molar-refractivity contribution in [1.29, 1.82) is 0 Å². The highest BCUT2D eigenvalue weighted by atomic mass is 16.5. The van der Waals surface area contributed by atoms with E-state index in [0.29, 0.717) is 34.3 Å². The van der Waals surface area contributed by atoms with Gasteiger partial charge in [0.1, 0.15) is 23.9 Å². The van der Waals surface area contributed by atoms with E-state index in [1.54, 1.807) is 19.1 Å². The molecule has 0 saturated heterocycles. The molecule has 4 aromatic rings. The lowest BCUT2D eigenvalue weighted by molar-refractivity contribution is -0.118. The molecule has 0 bridgehead atoms. The molecule has 0 radical (unpaired) electrons. The van der Waals surface area contributed by atoms with Crippen molar-refractivity contribution in [3.63, 3.8) is 0 Å². The van der Waals surface area contributed by atoms with E-state index in [0.717, 1.165) is 22.1 Å². The number of ether oxygens (including phenoxy) is 2. The summed E-state index contributed by atoms with van der Waals surface area (Å²) in [5.74, 6) is 1.44. The number of hydrogen-bond acceptors (Lipinski definition) is 6. The number of aromatic nitrogens is 2. The quantitative estimate of drug-likeness (QED) is 0.438. The van der Waals surface area contributed by atoms with Gasteiger partial charge in [-0.05, 0) is 49.6 Å². The summed E-state index contributed by atoms with van der Waals surface area (Å²) in [6.07, 6.45) is 0.815. The maximum atomic E-state index is 12.6. The first-order chi connectivity index (χ1) is 15.9. The fourth-order valence-corrected chi connectivity index (χ4v) is 3.43. The van der Waals surface area contributed by atoms with Gasteiger partial charge in [-0.2, -0.15) is 0 Å². The third-order valence-corrected chi connectivity index (χ3v) is 5.02. The van der Waals surface area contributed by atoms with Gasteiger partial charge in [0.15, 0.2) is 12.3 Å². The maximum absolute atomic E-state index is 12.6. The lowest BCUT2D eigenvalue weighted by Crippen LogP contribution is -2.21. The number of carbonyl (C=O) groups excluding carboxylic acids is 1. The van der Waals surface area contributed by atoms with Crippen molar-refractivity contribution in [3.05, 3.63) is 87.5 Å². The van der Waals surface area contributed by atoms with Crippen LogP contribution in [0.25, 0.3) is 5.65 Å². The Morgan fingerprint density at radius 1 is 1.06 bits per heavy atom. The van der Waals surface area contributed by atoms with E-state index in [4.69, 9.17) is 14.0 Å². The van der Waals surface area contributed by atoms with E-state index in [2.05, 4.69) is 10.3 Å². The number of fused-ring (bicyclic) bond motifs is 1. The zero-order valence-electron chi connectivity index (χ0n) is 18.8. The SMILES string of the molecule is CCc1ccccc1OCC(=O)Nc1cc(C)ccc1OCc1cc(=O)n2oc(C)cc2n1. The molecular weight excluding hydrogens is 422 g/mol. The first kappa shape index (κ1) is 22.1. The number of anilines is 1. The average molecular weight is 447 g/mol. The van der Waals surface area contributed by atoms with E-state index < -0.39 is 0 Å². The minimum atomic E-state index is -0.325. The van der Waals surface area contributed by atoms with Crippen molar-refractivity contribution in [2.75, 3.05) is 11.9 Å². The number of nitrogens with zero attached hydrogens (tertiary/aromatic N) is 2. The number of aryl methyl sites for hydroxylation is 3. The first-order valence-corrected chi connectivity index (χ1v) is 10.7. The normalized spacial score (nSPS) is 10.9. The van der Waals surface area contributed by atoms with Crippen molar-refractivity contribution < 1.29 is 18.8 Å². The second-order valence-corrected chi connectivity index (χ2v) is 7.67. The Kier molecular flexibility index (Phi) is 6.44. The summed E-state index contributed by atoms with van der Waals surface area (Å²) in [5, 5.41) is 2.85. The topological polar surface area (TPSA) is 95.1 Å². The Morgan fingerprint density at radius 2 is 1.88 bits per heavy atom. The molecule has 1 N–H and O–H groups in total. The van der Waals surface area contributed by atoms with Gasteiger partial charge in [0, 0.05) is 12.1 Å². The van der Waals surface area contributed by atoms with Gasteiger partial charge in [-0.25, -0.2) is 4.98 Å². The van der Waals surface area contributed by atoms with Gasteiger partial charge in [0.2, 0.25) is 0 Å². The molecular formula is C25H25N3O5. The van der Waals surface area contributed by atoms with Gasteiger partial charge in [-0.3, -0.25) is 9.59 Å². The molecule has 0 spiro atoms. The molecule has 0 aliphatic heterocycles. The van der Waals surface area contributed by atoms with Crippen molar-refractivity contribution in [3.8, 4) is 11.5 Å². The highest BCUT2D eigenvalue weighted by molar-refractivity contribution is 5.93. The minimum absolute atomic E-state index is 0.0578. The van der Waals surface area contributed by atoms with E-state index in [1.165, 1.54) is 6.07 Å². The highest BCUT2D eigenvalue weighted by Gasteiger charge is 2.12. The molecule has 0 unspecified atom stereocenters. The molecule has 8 heteroatoms. The Morgan fingerprint density at radius 3 is 2.70 bits per heavy atom. The number of rotatable bonds is 8. The molecule has 33 heavy (non-hydrogen) atoms. The molecule has 0 atom stereocenters. The van der Waals surface area contributed by atoms with Gasteiger partial charge in [-0.1, -0.05) is 31.2 Å². The smallest absolute Gasteiger partial charge is 0.287 e. The largest absolute Gasteiger partial charge is 0.485 e. The van der Waals surface area contributed by atoms with Gasteiger partial charge in [0.25, 0.3) is 11.5 Å². The van der Waals surface area contributed by atoms with Crippen LogP contribution in [0.4, 0.5) is 5.69 Å². The van der Waals surface area contributed by atoms with E-state index in [9.17, 15) is 9.59 Å². The van der Waals surface area contributed by atoms with Crippen molar-refractivity contribution >= 4 is 17.2 Å². The van der Waals surface area contributed by atoms with E-state index in [-0.39, 0.29) is 24.7 Å². The van der Waals surface area contributed by atoms with Crippen LogP contribution in [0.15, 0.2) is 63.9 Å². The standard InChI is InChI=1S/C25H25N3O5/c1-4-18-7-5-6-8-21(18)32-15-24(29)27-20-11-16(2)9-10-22(20)31-14-19-13-25(30)28-23(26-19)12-17(3)33-28/h5-13H,4,14-15H2,1-3H3,(H,27,29). The number of nitrogens with one attached hydrogen (secondary N) is 1. The summed E-state index contributed by atoms with van der Waals surface area (Å²) >= 11 is 0. The van der Waals surface area contributed by atoms with Crippen LogP contribution in [0.3, 0.4) is 0 Å². The van der Waals surface area contributed by atoms with Gasteiger partial charge in [-0.15, -0.1) is 4.57 Å². The van der Waals surface area contributed by atoms with Crippen LogP contribution < -0.4 is 20.3 Å². The van der Waals surface area contributed by atoms with Crippen LogP contribution in [0, 0.1) is 13.8 Å². The van der Waals surface area contributed by atoms with E-state index in [1.807, 2.05) is 50.2 Å². The number of carbonyl (C=O) groups is 1. The molecule has 0 aliphatic rings. The Balaban J connectivity index is 1.45. The average Bonchev–Trinajstić information content (AvgIpc) is 3.18. The van der Waals surface area contributed by atoms with Crippen LogP contribution in [0.1, 0.15) is 29.5 Å². The summed E-state index contributed by atoms with van der Waals surface area (Å²) in [4.78, 5) is 29.2. The van der Waals surface area contributed by atoms with Crippen LogP contribution in [0.2, 0.25) is 0 Å². The number of para-hydroxylation sites is 1. The molecule has 2 aromatic heterocycles. The lowest BCUT2D eigenvalue weighted by atomic mass is 10.1. The first-order valence-electron chi connectivity index (χ1n) is 10.7. The Labute approximate surface area is 190 Å². The second kappa shape index (κ2) is 9.60. The summed E-state index contributed by atoms with van der Waals surface area (Å²) in [6.45, 7) is 5.64. The van der Waals surface area contributed by atoms with Gasteiger partial charge < -0.3 is 19.3 Å². The predicted octanol–water partition coefficient (Wildman–Crippen LogP) is 4.06. The molecule has 2 aromatic carbocycles. The number of amides is 1. The zero-order chi connectivity index (χ0) is 23.4. The molecule has 2 heterocycles. The third-order valence-electron chi connectivity index (χ3n) is 5.02. The van der Waals surface area contributed by atoms with Crippen molar-refractivity contribution in [1.82, 2.24) is 9.56 Å². The predicted molar refractivity (Wildman–Crippen MR) is 124 cm³/mol. The molecule has 170 valence electrons. The zero-order valence-corrected chi connectivity index (χ0v) is 18.8. The molecule has 8 nitrogen and oxygen atoms in total. The monoisotopic (exact) mass is 447 g/mol. The molecule has 0 aliphatic carbocycles. The third kappa shape index (κ3) is 5.23. The second-order valence-electron chi connectivity index (χ2n) is 7.67. The summed E-state index contributed by atoms with van der Waals surface area (Å²) in [6, 6.07) is 16.1. The highest BCUT2D eigenvalue weighted by Crippen LogP contribution is 2.27. The van der Waals surface area contributed by atoms with E-state index >= 15 is 0 Å². The van der Waals surface area contributed by atoms with Crippen LogP contribution in [-0.2, 0) is 17.8 Å². The van der Waals surface area contributed by atoms with Crippen molar-refractivity contribution in [2.45, 2.75) is 33.8 Å². The fourth-order valence-electron chi connectivity index (χ4n) is 3.43. The molecule has 1 amide bonds. The lowest BCUT2D eigenvalue weighted by Gasteiger charge is -2.14. The summed E-state index contributed by atoms with van der Waals surface area (Å²) < 4.78 is 18.0. The van der Waals surface area contributed by atoms with Gasteiger partial charge >= 0.3 is 0 Å². The molecule has 0 saturated carbocycles. The van der Waals surface area contributed by atoms with Crippen LogP contribution in [0.5, 0.6) is 11.5 Å². The number of benzene rings is 2.